The second-order valence-corrected chi connectivity index (χ2v) is 12.4. The van der Waals surface area contributed by atoms with Crippen LogP contribution in [-0.2, 0) is 24.1 Å². The van der Waals surface area contributed by atoms with Crippen molar-refractivity contribution in [2.75, 3.05) is 12.0 Å². The number of hydrogen-bond donors (Lipinski definition) is 0. The van der Waals surface area contributed by atoms with Gasteiger partial charge in [0.2, 0.25) is 17.6 Å². The number of alkyl halides is 2. The molecule has 220 valence electrons. The molecule has 1 saturated heterocycles. The van der Waals surface area contributed by atoms with Crippen LogP contribution >= 0.6 is 23.2 Å². The summed E-state index contributed by atoms with van der Waals surface area (Å²) in [6.07, 6.45) is -1.04. The van der Waals surface area contributed by atoms with Gasteiger partial charge in [-0.3, -0.25) is 14.4 Å². The van der Waals surface area contributed by atoms with Crippen molar-refractivity contribution in [1.29, 1.82) is 0 Å². The van der Waals surface area contributed by atoms with Gasteiger partial charge < -0.3 is 9.47 Å². The number of imide groups is 1. The quantitative estimate of drug-likeness (QED) is 0.109. The Morgan fingerprint density at radius 1 is 0.705 bits per heavy atom. The highest BCUT2D eigenvalue weighted by Gasteiger charge is 2.73. The number of carbonyl (C=O) groups excluding carboxylic acids is 4. The molecular weight excluding hydrogens is 601 g/mol. The third-order valence-electron chi connectivity index (χ3n) is 8.97. The van der Waals surface area contributed by atoms with Crippen LogP contribution in [0.3, 0.4) is 0 Å². The summed E-state index contributed by atoms with van der Waals surface area (Å²) < 4.78 is 10.5. The highest BCUT2D eigenvalue weighted by atomic mass is 35.5. The Labute approximate surface area is 263 Å². The van der Waals surface area contributed by atoms with Crippen LogP contribution in [0.15, 0.2) is 97.1 Å². The Bertz CT molecular complexity index is 1750. The lowest BCUT2D eigenvalue weighted by molar-refractivity contribution is -0.122. The summed E-state index contributed by atoms with van der Waals surface area (Å²) in [5.41, 5.74) is 3.68. The lowest BCUT2D eigenvalue weighted by Gasteiger charge is -2.54. The Hall–Kier alpha value is -4.46. The van der Waals surface area contributed by atoms with Crippen molar-refractivity contribution in [2.45, 2.75) is 22.8 Å². The molecular formula is C35H25Cl2NO6. The Kier molecular flexibility index (Phi) is 6.46. The van der Waals surface area contributed by atoms with Gasteiger partial charge in [0.05, 0.1) is 30.2 Å². The summed E-state index contributed by atoms with van der Waals surface area (Å²) in [4.78, 5) is 52.5. The van der Waals surface area contributed by atoms with E-state index in [-0.39, 0.29) is 17.0 Å². The number of ether oxygens (including phenoxy) is 2. The number of ketones is 1. The van der Waals surface area contributed by atoms with Gasteiger partial charge in [0.25, 0.3) is 0 Å². The van der Waals surface area contributed by atoms with Crippen LogP contribution in [0.1, 0.15) is 49.9 Å². The number of carbonyl (C=O) groups is 4. The third-order valence-corrected chi connectivity index (χ3v) is 10.3. The molecule has 9 heteroatoms. The zero-order chi connectivity index (χ0) is 31.0. The van der Waals surface area contributed by atoms with Crippen LogP contribution < -0.4 is 9.64 Å². The van der Waals surface area contributed by atoms with E-state index in [1.165, 1.54) is 38.3 Å². The molecule has 44 heavy (non-hydrogen) atoms. The number of esters is 1. The molecule has 3 aliphatic carbocycles. The molecule has 0 spiro atoms. The first-order valence-corrected chi connectivity index (χ1v) is 14.8. The summed E-state index contributed by atoms with van der Waals surface area (Å²) in [5, 5.41) is 0. The Morgan fingerprint density at radius 3 is 1.57 bits per heavy atom. The van der Waals surface area contributed by atoms with E-state index < -0.39 is 45.5 Å². The number of rotatable bonds is 6. The van der Waals surface area contributed by atoms with Crippen molar-refractivity contribution < 1.29 is 28.7 Å². The first kappa shape index (κ1) is 28.3. The molecule has 0 saturated carbocycles. The SMILES string of the molecule is COc1ccc(C(=O)[C@H](C)OC(=O)c2ccc(N3C(=O)[C@H]4[C@H](C3=O)C3(Cl)c5ccccc5C4(Cl)c4ccccc43)cc2)cc1. The normalized spacial score (nSPS) is 25.1. The fourth-order valence-electron chi connectivity index (χ4n) is 6.94. The molecule has 1 fully saturated rings. The highest BCUT2D eigenvalue weighted by Crippen LogP contribution is 2.69. The number of methoxy groups -OCH3 is 1. The van der Waals surface area contributed by atoms with Crippen LogP contribution in [-0.4, -0.2) is 36.8 Å². The number of anilines is 1. The third kappa shape index (κ3) is 3.75. The monoisotopic (exact) mass is 625 g/mol. The van der Waals surface area contributed by atoms with Crippen LogP contribution in [0.4, 0.5) is 5.69 Å². The number of benzene rings is 4. The highest BCUT2D eigenvalue weighted by molar-refractivity contribution is 6.38. The van der Waals surface area contributed by atoms with Gasteiger partial charge in [-0.25, -0.2) is 9.69 Å². The van der Waals surface area contributed by atoms with E-state index in [9.17, 15) is 19.2 Å². The largest absolute Gasteiger partial charge is 0.497 e. The van der Waals surface area contributed by atoms with Gasteiger partial charge in [-0.05, 0) is 77.7 Å². The van der Waals surface area contributed by atoms with Gasteiger partial charge in [-0.15, -0.1) is 23.2 Å². The molecule has 8 rings (SSSR count). The molecule has 4 aromatic carbocycles. The van der Waals surface area contributed by atoms with Crippen LogP contribution in [0.5, 0.6) is 5.75 Å². The van der Waals surface area contributed by atoms with Crippen LogP contribution in [0.2, 0.25) is 0 Å². The maximum atomic E-state index is 14.1. The fraction of sp³-hybridized carbons (Fsp3) is 0.200. The maximum Gasteiger partial charge on any atom is 0.338 e. The minimum atomic E-state index is -1.29. The van der Waals surface area contributed by atoms with E-state index in [1.54, 1.807) is 24.3 Å². The van der Waals surface area contributed by atoms with Gasteiger partial charge in [-0.2, -0.15) is 0 Å². The molecule has 0 radical (unpaired) electrons. The van der Waals surface area contributed by atoms with E-state index >= 15 is 0 Å². The van der Waals surface area contributed by atoms with E-state index in [0.29, 0.717) is 11.3 Å². The number of Topliss-reactive ketones (excluding diaryl/α,β-unsaturated/α-hetero) is 1. The van der Waals surface area contributed by atoms with Crippen molar-refractivity contribution in [3.63, 3.8) is 0 Å². The Morgan fingerprint density at radius 2 is 1.14 bits per heavy atom. The van der Waals surface area contributed by atoms with Gasteiger partial charge in [0.1, 0.15) is 15.5 Å². The van der Waals surface area contributed by atoms with Gasteiger partial charge in [0.15, 0.2) is 6.10 Å². The molecule has 4 aliphatic rings. The summed E-state index contributed by atoms with van der Waals surface area (Å²) in [6.45, 7) is 1.50. The first-order valence-electron chi connectivity index (χ1n) is 14.1. The Balaban J connectivity index is 1.17. The van der Waals surface area contributed by atoms with E-state index in [4.69, 9.17) is 32.7 Å². The second kappa shape index (κ2) is 10.0. The van der Waals surface area contributed by atoms with Gasteiger partial charge in [0, 0.05) is 5.56 Å². The predicted molar refractivity (Wildman–Crippen MR) is 164 cm³/mol. The number of nitrogens with zero attached hydrogens (tertiary/aromatic N) is 1. The smallest absolute Gasteiger partial charge is 0.338 e. The van der Waals surface area contributed by atoms with Gasteiger partial charge in [-0.1, -0.05) is 48.5 Å². The maximum absolute atomic E-state index is 14.1. The van der Waals surface area contributed by atoms with Crippen molar-refractivity contribution in [3.8, 4) is 5.75 Å². The summed E-state index contributed by atoms with van der Waals surface area (Å²) in [5.74, 6) is -3.28. The van der Waals surface area contributed by atoms with E-state index in [2.05, 4.69) is 0 Å². The van der Waals surface area contributed by atoms with E-state index in [0.717, 1.165) is 27.2 Å². The summed E-state index contributed by atoms with van der Waals surface area (Å²) in [6, 6.07) is 27.3. The first-order chi connectivity index (χ1) is 21.1. The van der Waals surface area contributed by atoms with Crippen LogP contribution in [0, 0.1) is 11.8 Å². The number of amides is 2. The average molecular weight is 626 g/mol. The van der Waals surface area contributed by atoms with E-state index in [1.807, 2.05) is 48.5 Å². The molecule has 7 nitrogen and oxygen atoms in total. The van der Waals surface area contributed by atoms with Crippen molar-refractivity contribution in [1.82, 2.24) is 0 Å². The molecule has 1 aliphatic heterocycles. The summed E-state index contributed by atoms with van der Waals surface area (Å²) in [7, 11) is 1.53. The molecule has 2 bridgehead atoms. The van der Waals surface area contributed by atoms with Crippen molar-refractivity contribution in [3.05, 3.63) is 130 Å². The molecule has 2 amide bonds. The van der Waals surface area contributed by atoms with Crippen molar-refractivity contribution >= 4 is 52.5 Å². The minimum Gasteiger partial charge on any atom is -0.497 e. The molecule has 3 atom stereocenters. The molecule has 1 heterocycles. The predicted octanol–water partition coefficient (Wildman–Crippen LogP) is 6.22. The van der Waals surface area contributed by atoms with Crippen molar-refractivity contribution in [2.24, 2.45) is 11.8 Å². The zero-order valence-electron chi connectivity index (χ0n) is 23.6. The summed E-state index contributed by atoms with van der Waals surface area (Å²) >= 11 is 15.0. The van der Waals surface area contributed by atoms with Crippen LogP contribution in [0.25, 0.3) is 0 Å². The fourth-order valence-corrected chi connectivity index (χ4v) is 8.04. The van der Waals surface area contributed by atoms with Gasteiger partial charge >= 0.3 is 5.97 Å². The molecule has 0 aromatic heterocycles. The number of hydrogen-bond acceptors (Lipinski definition) is 6. The number of halogens is 2. The lowest BCUT2D eigenvalue weighted by Crippen LogP contribution is -2.57. The average Bonchev–Trinajstić information content (AvgIpc) is 3.33. The molecule has 0 unspecified atom stereocenters. The second-order valence-electron chi connectivity index (χ2n) is 11.2. The molecule has 0 N–H and O–H groups in total. The zero-order valence-corrected chi connectivity index (χ0v) is 25.1. The minimum absolute atomic E-state index is 0.155. The lowest BCUT2D eigenvalue weighted by atomic mass is 9.54. The topological polar surface area (TPSA) is 90.0 Å². The standard InChI is InChI=1S/C35H25Cl2NO6/c1-19(30(39)20-13-17-23(43-2)18-14-20)44-33(42)21-11-15-22(16-12-21)38-31(40)28-29(32(38)41)35(37)25-8-4-3-7-24(25)34(28,36)26-9-5-6-10-27(26)35/h3-19,28-29H,1-2H3/t19-,28+,29+,34?,35?/m0/s1. The molecule has 4 aromatic rings.